The molecule has 494 valence electrons. The number of rotatable bonds is 23. The van der Waals surface area contributed by atoms with E-state index in [4.69, 9.17) is 69.7 Å². The zero-order valence-electron chi connectivity index (χ0n) is 52.0. The molecule has 1 unspecified atom stereocenters. The summed E-state index contributed by atoms with van der Waals surface area (Å²) in [5.74, 6) is -6.76. The number of aliphatic hydroxyl groups excluding tert-OH is 2. The molecule has 6 aliphatic heterocycles. The fourth-order valence-electron chi connectivity index (χ4n) is 14.5. The molecule has 0 saturated carbocycles. The van der Waals surface area contributed by atoms with Gasteiger partial charge in [-0.1, -0.05) is 47.1 Å². The molecule has 2 aromatic rings. The third-order valence-corrected chi connectivity index (χ3v) is 19.9. The first-order valence-electron chi connectivity index (χ1n) is 29.3. The summed E-state index contributed by atoms with van der Waals surface area (Å²) in [4.78, 5) is 139. The number of phosphoric acid groups is 1. The molecular formula is C58H85CoN16O14P+. The van der Waals surface area contributed by atoms with E-state index in [9.17, 15) is 58.1 Å². The van der Waals surface area contributed by atoms with Crippen molar-refractivity contribution in [2.24, 2.45) is 94.7 Å². The Kier molecular flexibility index (Phi) is 21.8. The van der Waals surface area contributed by atoms with E-state index in [2.05, 4.69) is 27.2 Å². The quantitative estimate of drug-likeness (QED) is 0.0554. The maximum absolute atomic E-state index is 13.7. The number of hydrogen-bond acceptors (Lipinski definition) is 19. The van der Waals surface area contributed by atoms with E-state index in [-0.39, 0.29) is 99.8 Å². The van der Waals surface area contributed by atoms with E-state index in [1.165, 1.54) is 24.1 Å². The van der Waals surface area contributed by atoms with Crippen molar-refractivity contribution in [3.8, 4) is 0 Å². The number of hydrogen-bond donors (Lipinski definition) is 12. The predicted octanol–water partition coefficient (Wildman–Crippen LogP) is 1.50. The van der Waals surface area contributed by atoms with Gasteiger partial charge in [-0.15, -0.1) is 0 Å². The van der Waals surface area contributed by atoms with Crippen molar-refractivity contribution >= 4 is 83.3 Å². The summed E-state index contributed by atoms with van der Waals surface area (Å²) in [6.45, 7) is 19.7. The van der Waals surface area contributed by atoms with Crippen LogP contribution < -0.4 is 45.5 Å². The molecular weight excluding hydrogens is 1230 g/mol. The summed E-state index contributed by atoms with van der Waals surface area (Å²) in [6, 6.07) is -0.998. The standard InChI is InChI=1S/C48H74N11O11P.C10H12N5O3.Co/c1-23(70-71(67,68)69)22-55-38(66)16-17-45(6)29(18-35(52)63)43-48(9)47(8,21-37(54)65)28(12-15-34(51)62)40(59-48)25(3)42-46(7,20-36(53)64)26(10-13-32(49)60)30(56-42)19-31-44(4,5)27(11-14-33(50)61)39(57-31)24(2)41(45)58-43;1-4-6(16)7(17)10(18-4)15-3-14-5-8(11)12-2-13-9(5)15;/h19,23,26-29,43H,10-18,20-22H2,1-9H3,(H16,49,50,51,52,53,54,55,56,57,58,59,60,61,62,63,64,65,66,67,68,69);2-4,6-7,10,16-17H,1H2,(H2,11,12,13);/q;-1;+3/p-1/t23-,26-,27-,28-,29+,43?,45-,46+,47+,48+;4-,6-,7-,10-;/m11./s1. The number of aliphatic hydroxyl groups is 2. The Bertz CT molecular complexity index is 3450. The molecule has 8 bridgehead atoms. The molecule has 7 amide bonds. The van der Waals surface area contributed by atoms with Crippen molar-refractivity contribution in [2.45, 2.75) is 175 Å². The van der Waals surface area contributed by atoms with Crippen LogP contribution in [-0.4, -0.2) is 141 Å². The first kappa shape index (κ1) is 72.2. The second-order valence-corrected chi connectivity index (χ2v) is 27.0. The van der Waals surface area contributed by atoms with Crippen LogP contribution in [0.4, 0.5) is 5.82 Å². The molecule has 8 heterocycles. The fraction of sp³-hybridized carbons (Fsp3) is 0.621. The van der Waals surface area contributed by atoms with E-state index >= 15 is 0 Å². The van der Waals surface area contributed by atoms with Crippen molar-refractivity contribution in [3.63, 3.8) is 0 Å². The average Bonchev–Trinajstić information content (AvgIpc) is 1.53. The number of phosphoric ester groups is 1. The van der Waals surface area contributed by atoms with Gasteiger partial charge in [0.25, 0.3) is 0 Å². The number of nitrogen functional groups attached to an aromatic ring is 1. The summed E-state index contributed by atoms with van der Waals surface area (Å²) in [7, 11) is -4.86. The van der Waals surface area contributed by atoms with E-state index in [1.54, 1.807) is 6.92 Å². The van der Waals surface area contributed by atoms with Gasteiger partial charge in [0.2, 0.25) is 41.4 Å². The molecule has 2 saturated heterocycles. The number of amides is 7. The van der Waals surface area contributed by atoms with E-state index < -0.39 is 137 Å². The Morgan fingerprint density at radius 1 is 0.778 bits per heavy atom. The number of carbonyl (C=O) groups is 7. The minimum absolute atomic E-state index is 0. The van der Waals surface area contributed by atoms with Crippen LogP contribution in [0.3, 0.4) is 0 Å². The van der Waals surface area contributed by atoms with Crippen LogP contribution in [0.5, 0.6) is 0 Å². The molecule has 2 fully saturated rings. The van der Waals surface area contributed by atoms with Gasteiger partial charge in [-0.25, -0.2) is 19.5 Å². The summed E-state index contributed by atoms with van der Waals surface area (Å²) in [5, 5.41) is 27.8. The van der Waals surface area contributed by atoms with Gasteiger partial charge in [0, 0.05) is 114 Å². The number of nitrogens with two attached hydrogens (primary N) is 7. The third kappa shape index (κ3) is 14.3. The number of anilines is 1. The van der Waals surface area contributed by atoms with E-state index in [1.807, 2.05) is 54.5 Å². The Hall–Kier alpha value is -6.83. The van der Waals surface area contributed by atoms with E-state index in [0.717, 1.165) is 0 Å². The third-order valence-electron chi connectivity index (χ3n) is 19.3. The second kappa shape index (κ2) is 27.2. The molecule has 0 radical (unpaired) electrons. The Balaban J connectivity index is 0.000000573. The van der Waals surface area contributed by atoms with Gasteiger partial charge in [0.1, 0.15) is 17.9 Å². The van der Waals surface area contributed by atoms with Crippen LogP contribution in [0.25, 0.3) is 16.5 Å². The zero-order chi connectivity index (χ0) is 66.4. The van der Waals surface area contributed by atoms with Gasteiger partial charge in [-0.2, -0.15) is 5.70 Å². The first-order valence-corrected chi connectivity index (χ1v) is 30.9. The molecule has 8 rings (SSSR count). The minimum Gasteiger partial charge on any atom is -0.680 e. The molecule has 32 heteroatoms. The maximum atomic E-state index is 13.7. The second-order valence-electron chi connectivity index (χ2n) is 25.8. The van der Waals surface area contributed by atoms with Gasteiger partial charge in [-0.3, -0.25) is 57.6 Å². The number of fused-ring (bicyclic) bond motifs is 7. The number of aliphatic imine (C=N–C) groups is 3. The number of ether oxygens (including phenoxy) is 1. The van der Waals surface area contributed by atoms with Gasteiger partial charge < -0.3 is 82.4 Å². The number of aromatic nitrogens is 4. The van der Waals surface area contributed by atoms with Crippen LogP contribution in [0, 0.1) is 52.3 Å². The van der Waals surface area contributed by atoms with Gasteiger partial charge in [-0.05, 0) is 87.0 Å². The number of nitrogens with one attached hydrogen (secondary N) is 1. The molecule has 6 aliphatic rings. The topological polar surface area (TPSA) is 525 Å². The van der Waals surface area contributed by atoms with Gasteiger partial charge >= 0.3 is 24.6 Å². The van der Waals surface area contributed by atoms with Crippen LogP contribution in [-0.2, 0) is 64.2 Å². The van der Waals surface area contributed by atoms with Crippen LogP contribution in [0.2, 0.25) is 0 Å². The Morgan fingerprint density at radius 3 is 1.91 bits per heavy atom. The van der Waals surface area contributed by atoms with Gasteiger partial charge in [0.05, 0.1) is 18.5 Å². The molecule has 0 spiro atoms. The average molecular weight is 1320 g/mol. The maximum Gasteiger partial charge on any atom is 3.00 e. The number of imidazole rings is 1. The Morgan fingerprint density at radius 2 is 1.37 bits per heavy atom. The van der Waals surface area contributed by atoms with Crippen molar-refractivity contribution in [2.75, 3.05) is 12.3 Å². The van der Waals surface area contributed by atoms with Crippen molar-refractivity contribution < 1.29 is 84.2 Å². The number of carbonyl (C=O) groups excluding carboxylic acids is 7. The minimum atomic E-state index is -4.86. The monoisotopic (exact) mass is 1320 g/mol. The van der Waals surface area contributed by atoms with E-state index in [0.29, 0.717) is 56.5 Å². The number of allylic oxidation sites excluding steroid dienone is 6. The molecule has 0 aromatic carbocycles. The van der Waals surface area contributed by atoms with Crippen molar-refractivity contribution in [1.82, 2.24) is 24.8 Å². The summed E-state index contributed by atoms with van der Waals surface area (Å²) >= 11 is 0. The molecule has 14 atom stereocenters. The largest absolute Gasteiger partial charge is 3.00 e. The molecule has 19 N–H and O–H groups in total. The Labute approximate surface area is 531 Å². The van der Waals surface area contributed by atoms with Crippen LogP contribution in [0.1, 0.15) is 139 Å². The molecule has 0 aliphatic carbocycles. The molecule has 90 heavy (non-hydrogen) atoms. The smallest absolute Gasteiger partial charge is 0.680 e. The van der Waals surface area contributed by atoms with Gasteiger partial charge in [0.15, 0.2) is 17.7 Å². The number of primary amides is 6. The van der Waals surface area contributed by atoms with Crippen molar-refractivity contribution in [1.29, 1.82) is 0 Å². The zero-order valence-corrected chi connectivity index (χ0v) is 53.9. The predicted molar refractivity (Wildman–Crippen MR) is 326 cm³/mol. The fourth-order valence-corrected chi connectivity index (χ4v) is 15.0. The SMILES string of the molecule is C/C1=C2N=C(/C=C3N=C(/C(C)=C4\[N-][C@@](C)(C5N=C1[C@](C)(CCC(=O)NC[C@@H](C)OP(=O)(O)O)[C@H]5CC(N)=O)[C@@](C)(CC(N)=O)[C@@H]4CCC(N)=O)[C@@](C)(CC(N)=O)[C@@H]\3CCC(N)=O)C(C)(C)[C@@H]/2CCC(N)=O.[CH2-][C@H]1O[C@@H](n2cnc3c(N)ncnc32)[C@H](O)[C@@H]1O.[Co+3]. The first-order chi connectivity index (χ1) is 41.2. The number of nitrogens with zero attached hydrogens (tertiary/aromatic N) is 8. The molecule has 30 nitrogen and oxygen atoms in total. The van der Waals surface area contributed by atoms with Crippen LogP contribution >= 0.6 is 7.82 Å². The normalized spacial score (nSPS) is 33.3. The summed E-state index contributed by atoms with van der Waals surface area (Å²) in [6.07, 6.45) is -0.796. The molecule has 2 aromatic heterocycles. The summed E-state index contributed by atoms with van der Waals surface area (Å²) in [5.41, 5.74) is 40.2. The summed E-state index contributed by atoms with van der Waals surface area (Å²) < 4.78 is 23.1. The van der Waals surface area contributed by atoms with Crippen LogP contribution in [0.15, 0.2) is 61.9 Å². The van der Waals surface area contributed by atoms with Crippen molar-refractivity contribution in [3.05, 3.63) is 59.2 Å².